The largest absolute Gasteiger partial charge is 0.493 e. The molecule has 1 heterocycles. The summed E-state index contributed by atoms with van der Waals surface area (Å²) in [7, 11) is 3.20. The molecule has 1 aromatic heterocycles. The van der Waals surface area contributed by atoms with Gasteiger partial charge in [-0.2, -0.15) is 0 Å². The molecule has 0 bridgehead atoms. The fourth-order valence-electron chi connectivity index (χ4n) is 2.67. The molecule has 25 heavy (non-hydrogen) atoms. The monoisotopic (exact) mass is 338 g/mol. The number of nitrogens with one attached hydrogen (secondary N) is 2. The third-order valence-corrected chi connectivity index (χ3v) is 3.90. The zero-order valence-corrected chi connectivity index (χ0v) is 14.4. The normalized spacial score (nSPS) is 11.5. The first-order valence-corrected chi connectivity index (χ1v) is 8.05. The average molecular weight is 338 g/mol. The van der Waals surface area contributed by atoms with Gasteiger partial charge in [-0.25, -0.2) is 0 Å². The smallest absolute Gasteiger partial charge is 0.193 e. The Bertz CT molecular complexity index is 853. The van der Waals surface area contributed by atoms with Crippen LogP contribution >= 0.6 is 0 Å². The van der Waals surface area contributed by atoms with Crippen LogP contribution in [0.4, 0.5) is 5.69 Å². The summed E-state index contributed by atoms with van der Waals surface area (Å²) in [5, 5.41) is 4.27. The van der Waals surface area contributed by atoms with Crippen molar-refractivity contribution in [2.75, 3.05) is 26.1 Å². The van der Waals surface area contributed by atoms with Crippen molar-refractivity contribution in [3.63, 3.8) is 0 Å². The first-order chi connectivity index (χ1) is 12.2. The Kier molecular flexibility index (Phi) is 5.09. The molecule has 0 atom stereocenters. The van der Waals surface area contributed by atoms with Crippen molar-refractivity contribution in [3.8, 4) is 11.5 Å². The van der Waals surface area contributed by atoms with Crippen molar-refractivity contribution < 1.29 is 9.47 Å². The topological polar surface area (TPSA) is 84.7 Å². The molecule has 6 heteroatoms. The highest BCUT2D eigenvalue weighted by Crippen LogP contribution is 2.29. The zero-order valence-electron chi connectivity index (χ0n) is 14.4. The second-order valence-corrected chi connectivity index (χ2v) is 5.59. The molecule has 0 spiro atoms. The Morgan fingerprint density at radius 1 is 1.08 bits per heavy atom. The van der Waals surface area contributed by atoms with E-state index in [1.54, 1.807) is 14.2 Å². The summed E-state index contributed by atoms with van der Waals surface area (Å²) < 4.78 is 10.5. The number of aromatic amines is 1. The highest BCUT2D eigenvalue weighted by atomic mass is 16.5. The number of nitrogens with two attached hydrogens (primary N) is 1. The second-order valence-electron chi connectivity index (χ2n) is 5.59. The molecular formula is C19H22N4O2. The van der Waals surface area contributed by atoms with E-state index in [0.29, 0.717) is 24.0 Å². The molecule has 0 radical (unpaired) electrons. The van der Waals surface area contributed by atoms with Crippen LogP contribution in [0.1, 0.15) is 5.69 Å². The Balaban J connectivity index is 1.60. The van der Waals surface area contributed by atoms with Crippen LogP contribution in [0.2, 0.25) is 0 Å². The molecular weight excluding hydrogens is 316 g/mol. The van der Waals surface area contributed by atoms with E-state index in [4.69, 9.17) is 15.2 Å². The van der Waals surface area contributed by atoms with Crippen LogP contribution in [0.3, 0.4) is 0 Å². The zero-order chi connectivity index (χ0) is 17.6. The number of aromatic nitrogens is 1. The lowest BCUT2D eigenvalue weighted by Gasteiger charge is -2.10. The number of hydrogen-bond donors (Lipinski definition) is 3. The molecule has 0 aliphatic carbocycles. The summed E-state index contributed by atoms with van der Waals surface area (Å²) in [6, 6.07) is 15.8. The summed E-state index contributed by atoms with van der Waals surface area (Å²) in [5.74, 6) is 1.67. The van der Waals surface area contributed by atoms with E-state index >= 15 is 0 Å². The van der Waals surface area contributed by atoms with Crippen molar-refractivity contribution in [3.05, 3.63) is 54.2 Å². The minimum Gasteiger partial charge on any atom is -0.493 e. The van der Waals surface area contributed by atoms with E-state index in [1.807, 2.05) is 30.3 Å². The van der Waals surface area contributed by atoms with Gasteiger partial charge in [-0.05, 0) is 29.7 Å². The van der Waals surface area contributed by atoms with Gasteiger partial charge in [-0.3, -0.25) is 4.99 Å². The number of rotatable bonds is 6. The third kappa shape index (κ3) is 4.03. The lowest BCUT2D eigenvalue weighted by atomic mass is 10.2. The number of fused-ring (bicyclic) bond motifs is 1. The second kappa shape index (κ2) is 7.61. The van der Waals surface area contributed by atoms with Gasteiger partial charge in [-0.1, -0.05) is 18.2 Å². The maximum absolute atomic E-state index is 5.96. The van der Waals surface area contributed by atoms with Gasteiger partial charge in [0.05, 0.1) is 14.2 Å². The number of para-hydroxylation sites is 1. The summed E-state index contributed by atoms with van der Waals surface area (Å²) in [4.78, 5) is 7.76. The van der Waals surface area contributed by atoms with Crippen molar-refractivity contribution in [2.24, 2.45) is 10.7 Å². The van der Waals surface area contributed by atoms with E-state index in [0.717, 1.165) is 23.3 Å². The van der Waals surface area contributed by atoms with Gasteiger partial charge in [0.1, 0.15) is 0 Å². The van der Waals surface area contributed by atoms with Gasteiger partial charge in [0.25, 0.3) is 0 Å². The van der Waals surface area contributed by atoms with Crippen molar-refractivity contribution in [2.45, 2.75) is 6.42 Å². The van der Waals surface area contributed by atoms with Gasteiger partial charge in [-0.15, -0.1) is 0 Å². The molecule has 3 rings (SSSR count). The Morgan fingerprint density at radius 3 is 2.64 bits per heavy atom. The van der Waals surface area contributed by atoms with Gasteiger partial charge in [0.15, 0.2) is 17.5 Å². The van der Waals surface area contributed by atoms with Gasteiger partial charge in [0.2, 0.25) is 0 Å². The van der Waals surface area contributed by atoms with Crippen molar-refractivity contribution in [1.82, 2.24) is 4.98 Å². The Hall–Kier alpha value is -3.15. The van der Waals surface area contributed by atoms with Gasteiger partial charge < -0.3 is 25.5 Å². The van der Waals surface area contributed by atoms with E-state index in [-0.39, 0.29) is 0 Å². The maximum atomic E-state index is 5.96. The third-order valence-electron chi connectivity index (χ3n) is 3.90. The summed E-state index contributed by atoms with van der Waals surface area (Å²) in [6.07, 6.45) is 0.795. The van der Waals surface area contributed by atoms with E-state index < -0.39 is 0 Å². The number of benzene rings is 2. The van der Waals surface area contributed by atoms with Crippen LogP contribution in [0.15, 0.2) is 53.5 Å². The minimum absolute atomic E-state index is 0.364. The molecule has 6 nitrogen and oxygen atoms in total. The quantitative estimate of drug-likeness (QED) is 0.476. The van der Waals surface area contributed by atoms with E-state index in [1.165, 1.54) is 5.39 Å². The molecule has 0 saturated carbocycles. The van der Waals surface area contributed by atoms with Crippen LogP contribution < -0.4 is 20.5 Å². The summed E-state index contributed by atoms with van der Waals surface area (Å²) in [6.45, 7) is 0.596. The van der Waals surface area contributed by atoms with Gasteiger partial charge >= 0.3 is 0 Å². The van der Waals surface area contributed by atoms with Crippen LogP contribution in [0.5, 0.6) is 11.5 Å². The molecule has 0 fully saturated rings. The van der Waals surface area contributed by atoms with Crippen LogP contribution in [0.25, 0.3) is 10.9 Å². The maximum Gasteiger partial charge on any atom is 0.193 e. The number of hydrogen-bond acceptors (Lipinski definition) is 3. The molecule has 0 aliphatic heterocycles. The molecule has 0 unspecified atom stereocenters. The molecule has 2 aromatic carbocycles. The first-order valence-electron chi connectivity index (χ1n) is 8.05. The number of methoxy groups -OCH3 is 2. The fraction of sp³-hybridized carbons (Fsp3) is 0.211. The lowest BCUT2D eigenvalue weighted by molar-refractivity contribution is 0.355. The summed E-state index contributed by atoms with van der Waals surface area (Å²) >= 11 is 0. The number of H-pyrrole nitrogens is 1. The molecule has 0 saturated heterocycles. The molecule has 3 aromatic rings. The first kappa shape index (κ1) is 16.7. The van der Waals surface area contributed by atoms with Crippen LogP contribution in [-0.4, -0.2) is 31.7 Å². The summed E-state index contributed by atoms with van der Waals surface area (Å²) in [5.41, 5.74) is 9.04. The highest BCUT2D eigenvalue weighted by molar-refractivity contribution is 5.92. The van der Waals surface area contributed by atoms with Crippen molar-refractivity contribution >= 4 is 22.5 Å². The predicted molar refractivity (Wildman–Crippen MR) is 102 cm³/mol. The Morgan fingerprint density at radius 2 is 1.88 bits per heavy atom. The standard InChI is InChI=1S/C19H22N4O2/c1-24-17-8-7-14(12-18(17)25-2)23-19(20)21-10-9-15-11-13-5-3-4-6-16(13)22-15/h3-8,11-12,22H,9-10H2,1-2H3,(H3,20,21,23). The molecule has 4 N–H and O–H groups in total. The van der Waals surface area contributed by atoms with E-state index in [9.17, 15) is 0 Å². The minimum atomic E-state index is 0.364. The average Bonchev–Trinajstić information content (AvgIpc) is 3.04. The molecule has 130 valence electrons. The number of ether oxygens (including phenoxy) is 2. The fourth-order valence-corrected chi connectivity index (χ4v) is 2.67. The molecule has 0 amide bonds. The van der Waals surface area contributed by atoms with Crippen molar-refractivity contribution in [1.29, 1.82) is 0 Å². The highest BCUT2D eigenvalue weighted by Gasteiger charge is 2.05. The van der Waals surface area contributed by atoms with Crippen LogP contribution in [0, 0.1) is 0 Å². The number of guanidine groups is 1. The predicted octanol–water partition coefficient (Wildman–Crippen LogP) is 3.15. The van der Waals surface area contributed by atoms with Gasteiger partial charge in [0, 0.05) is 35.9 Å². The van der Waals surface area contributed by atoms with Crippen LogP contribution in [-0.2, 0) is 6.42 Å². The molecule has 0 aliphatic rings. The number of aliphatic imine (C=N–C) groups is 1. The number of anilines is 1. The Labute approximate surface area is 146 Å². The lowest BCUT2D eigenvalue weighted by Crippen LogP contribution is -2.23. The van der Waals surface area contributed by atoms with E-state index in [2.05, 4.69) is 33.5 Å². The SMILES string of the molecule is COc1ccc(NC(N)=NCCc2cc3ccccc3[nH]2)cc1OC. The number of nitrogens with zero attached hydrogens (tertiary/aromatic N) is 1.